The van der Waals surface area contributed by atoms with Crippen molar-refractivity contribution in [1.82, 2.24) is 29.3 Å². The van der Waals surface area contributed by atoms with E-state index in [4.69, 9.17) is 0 Å². The Morgan fingerprint density at radius 1 is 1.21 bits per heavy atom. The number of hydrogen-bond acceptors (Lipinski definition) is 5. The number of aromatic amines is 1. The van der Waals surface area contributed by atoms with E-state index in [-0.39, 0.29) is 43.7 Å². The average Bonchev–Trinajstić information content (AvgIpc) is 3.40. The molecule has 0 aliphatic carbocycles. The maximum Gasteiger partial charge on any atom is 0.273 e. The van der Waals surface area contributed by atoms with Crippen LogP contribution in [0.3, 0.4) is 0 Å². The van der Waals surface area contributed by atoms with Crippen LogP contribution in [0.25, 0.3) is 22.2 Å². The number of rotatable bonds is 10. The molecule has 0 atom stereocenters. The van der Waals surface area contributed by atoms with Gasteiger partial charge in [0.1, 0.15) is 5.69 Å². The highest BCUT2D eigenvalue weighted by atomic mass is 19.3. The van der Waals surface area contributed by atoms with Crippen molar-refractivity contribution in [2.45, 2.75) is 45.1 Å². The Hall–Kier alpha value is -3.69. The van der Waals surface area contributed by atoms with E-state index in [0.29, 0.717) is 17.7 Å². The lowest BCUT2D eigenvalue weighted by Gasteiger charge is -2.13. The van der Waals surface area contributed by atoms with Gasteiger partial charge in [-0.2, -0.15) is 5.10 Å². The molecule has 4 rings (SSSR count). The number of ketones is 1. The van der Waals surface area contributed by atoms with Gasteiger partial charge in [0, 0.05) is 60.6 Å². The van der Waals surface area contributed by atoms with Crippen molar-refractivity contribution in [2.24, 2.45) is 7.05 Å². The van der Waals surface area contributed by atoms with Gasteiger partial charge in [-0.15, -0.1) is 0 Å². The minimum Gasteiger partial charge on any atom is -0.358 e. The molecular weight excluding hydrogens is 430 g/mol. The molecule has 33 heavy (non-hydrogen) atoms. The van der Waals surface area contributed by atoms with E-state index in [1.165, 1.54) is 10.8 Å². The third kappa shape index (κ3) is 5.39. The maximum absolute atomic E-state index is 13.1. The zero-order valence-corrected chi connectivity index (χ0v) is 18.2. The summed E-state index contributed by atoms with van der Waals surface area (Å²) in [6.07, 6.45) is 6.56. The summed E-state index contributed by atoms with van der Waals surface area (Å²) in [5.74, 6) is -0.122. The summed E-state index contributed by atoms with van der Waals surface area (Å²) in [6, 6.07) is 3.82. The molecule has 1 N–H and O–H groups in total. The van der Waals surface area contributed by atoms with Crippen molar-refractivity contribution >= 4 is 16.7 Å². The highest BCUT2D eigenvalue weighted by Gasteiger charge is 2.17. The van der Waals surface area contributed by atoms with Gasteiger partial charge in [-0.05, 0) is 31.4 Å². The number of carbonyl (C=O) groups excluding carboxylic acids is 1. The summed E-state index contributed by atoms with van der Waals surface area (Å²) in [4.78, 5) is 37.5. The van der Waals surface area contributed by atoms with Gasteiger partial charge in [0.15, 0.2) is 5.78 Å². The van der Waals surface area contributed by atoms with Crippen LogP contribution in [0.15, 0.2) is 47.9 Å². The molecule has 0 aliphatic heterocycles. The third-order valence-corrected chi connectivity index (χ3v) is 5.45. The molecule has 0 spiro atoms. The molecule has 0 aliphatic rings. The molecule has 0 unspecified atom stereocenters. The van der Waals surface area contributed by atoms with Crippen LogP contribution >= 0.6 is 0 Å². The Morgan fingerprint density at radius 2 is 2.06 bits per heavy atom. The second kappa shape index (κ2) is 9.85. The smallest absolute Gasteiger partial charge is 0.273 e. The normalized spacial score (nSPS) is 11.5. The van der Waals surface area contributed by atoms with Gasteiger partial charge in [-0.3, -0.25) is 28.8 Å². The van der Waals surface area contributed by atoms with Crippen molar-refractivity contribution in [1.29, 1.82) is 0 Å². The molecule has 0 aromatic carbocycles. The average molecular weight is 454 g/mol. The minimum absolute atomic E-state index is 0.122. The van der Waals surface area contributed by atoms with Crippen LogP contribution in [0.4, 0.5) is 8.78 Å². The molecule has 0 saturated heterocycles. The number of alkyl halides is 2. The van der Waals surface area contributed by atoms with E-state index < -0.39 is 12.0 Å². The number of nitrogens with zero attached hydrogens (tertiary/aromatic N) is 5. The summed E-state index contributed by atoms with van der Waals surface area (Å²) >= 11 is 0. The number of hydrogen-bond donors (Lipinski definition) is 1. The van der Waals surface area contributed by atoms with Crippen molar-refractivity contribution < 1.29 is 13.6 Å². The Labute approximate surface area is 188 Å². The number of fused-ring (bicyclic) bond motifs is 1. The number of aryl methyl sites for hydroxylation is 3. The van der Waals surface area contributed by atoms with Crippen LogP contribution in [-0.2, 0) is 31.2 Å². The van der Waals surface area contributed by atoms with Crippen molar-refractivity contribution in [3.8, 4) is 11.3 Å². The molecule has 0 amide bonds. The lowest BCUT2D eigenvalue weighted by atomic mass is 10.1. The first-order chi connectivity index (χ1) is 15.9. The molecule has 172 valence electrons. The quantitative estimate of drug-likeness (QED) is 0.396. The van der Waals surface area contributed by atoms with Gasteiger partial charge in [-0.1, -0.05) is 0 Å². The van der Waals surface area contributed by atoms with Crippen LogP contribution in [0.5, 0.6) is 0 Å². The monoisotopic (exact) mass is 454 g/mol. The van der Waals surface area contributed by atoms with E-state index in [9.17, 15) is 18.4 Å². The number of carbonyl (C=O) groups is 1. The van der Waals surface area contributed by atoms with Crippen molar-refractivity contribution in [2.75, 3.05) is 0 Å². The molecule has 0 radical (unpaired) electrons. The van der Waals surface area contributed by atoms with Crippen LogP contribution in [-0.4, -0.2) is 41.5 Å². The van der Waals surface area contributed by atoms with E-state index in [0.717, 1.165) is 16.6 Å². The van der Waals surface area contributed by atoms with Gasteiger partial charge >= 0.3 is 0 Å². The van der Waals surface area contributed by atoms with Gasteiger partial charge in [0.2, 0.25) is 6.43 Å². The Bertz CT molecular complexity index is 1290. The first-order valence-corrected chi connectivity index (χ1v) is 10.7. The topological polar surface area (TPSA) is 98.5 Å². The summed E-state index contributed by atoms with van der Waals surface area (Å²) in [7, 11) is 1.75. The molecular formula is C23H24F2N6O2. The number of aromatic nitrogens is 6. The van der Waals surface area contributed by atoms with Crippen molar-refractivity contribution in [3.63, 3.8) is 0 Å². The second-order valence-corrected chi connectivity index (χ2v) is 7.96. The fourth-order valence-corrected chi connectivity index (χ4v) is 3.76. The van der Waals surface area contributed by atoms with Crippen molar-refractivity contribution in [3.05, 3.63) is 64.9 Å². The molecule has 0 fully saturated rings. The number of nitrogens with one attached hydrogen (secondary N) is 1. The highest BCUT2D eigenvalue weighted by molar-refractivity contribution is 5.81. The maximum atomic E-state index is 13.1. The van der Waals surface area contributed by atoms with Gasteiger partial charge in [0.25, 0.3) is 5.56 Å². The molecule has 0 bridgehead atoms. The van der Waals surface area contributed by atoms with Gasteiger partial charge in [0.05, 0.1) is 24.6 Å². The Kier molecular flexibility index (Phi) is 6.71. The van der Waals surface area contributed by atoms with E-state index in [2.05, 4.69) is 20.1 Å². The zero-order valence-electron chi connectivity index (χ0n) is 18.2. The summed E-state index contributed by atoms with van der Waals surface area (Å²) in [6.45, 7) is -0.130. The number of halogens is 2. The lowest BCUT2D eigenvalue weighted by Crippen LogP contribution is -2.29. The van der Waals surface area contributed by atoms with Crippen LogP contribution in [0.2, 0.25) is 0 Å². The largest absolute Gasteiger partial charge is 0.358 e. The number of pyridine rings is 1. The molecule has 4 heterocycles. The highest BCUT2D eigenvalue weighted by Crippen LogP contribution is 2.18. The lowest BCUT2D eigenvalue weighted by molar-refractivity contribution is -0.119. The molecule has 4 aromatic rings. The van der Waals surface area contributed by atoms with E-state index >= 15 is 0 Å². The van der Waals surface area contributed by atoms with Crippen LogP contribution in [0, 0.1) is 0 Å². The number of Topliss-reactive ketones (excluding diaryl/α,β-unsaturated/α-hetero) is 1. The Morgan fingerprint density at radius 3 is 2.79 bits per heavy atom. The van der Waals surface area contributed by atoms with Gasteiger partial charge in [-0.25, -0.2) is 8.78 Å². The van der Waals surface area contributed by atoms with E-state index in [1.54, 1.807) is 36.5 Å². The molecule has 4 aromatic heterocycles. The van der Waals surface area contributed by atoms with Crippen LogP contribution in [0.1, 0.15) is 30.7 Å². The molecule has 8 nitrogen and oxygen atoms in total. The first kappa shape index (κ1) is 22.5. The first-order valence-electron chi connectivity index (χ1n) is 10.7. The summed E-state index contributed by atoms with van der Waals surface area (Å²) in [5.41, 5.74) is 2.72. The standard InChI is InChI=1S/C23H24F2N6O2/c1-30-13-16(11-28-30)21-12-27-20(3-2-4-22(24)25)23(33)31(21)14-18(32)6-5-17-9-15-10-26-8-7-19(15)29-17/h7-13,22,29H,2-6,14H2,1H3. The predicted octanol–water partition coefficient (Wildman–Crippen LogP) is 3.31. The zero-order chi connectivity index (χ0) is 23.4. The minimum atomic E-state index is -2.43. The molecule has 0 saturated carbocycles. The summed E-state index contributed by atoms with van der Waals surface area (Å²) in [5, 5.41) is 5.10. The van der Waals surface area contributed by atoms with Crippen LogP contribution < -0.4 is 5.56 Å². The fourth-order valence-electron chi connectivity index (χ4n) is 3.76. The fraction of sp³-hybridized carbons (Fsp3) is 0.348. The van der Waals surface area contributed by atoms with Gasteiger partial charge < -0.3 is 4.98 Å². The SMILES string of the molecule is Cn1cc(-c2cnc(CCCC(F)F)c(=O)n2CC(=O)CCc2cc3cnccc3[nH]2)cn1. The van der Waals surface area contributed by atoms with E-state index in [1.807, 2.05) is 12.1 Å². The molecule has 10 heteroatoms. The second-order valence-electron chi connectivity index (χ2n) is 7.96. The Balaban J connectivity index is 1.54. The predicted molar refractivity (Wildman–Crippen MR) is 119 cm³/mol. The summed E-state index contributed by atoms with van der Waals surface area (Å²) < 4.78 is 28.0. The third-order valence-electron chi connectivity index (χ3n) is 5.45. The number of H-pyrrole nitrogens is 1.